The van der Waals surface area contributed by atoms with Crippen LogP contribution in [-0.2, 0) is 6.54 Å². The van der Waals surface area contributed by atoms with Gasteiger partial charge in [-0.25, -0.2) is 4.98 Å². The van der Waals surface area contributed by atoms with Gasteiger partial charge in [0.05, 0.1) is 11.6 Å². The fourth-order valence-electron chi connectivity index (χ4n) is 1.27. The fourth-order valence-corrected chi connectivity index (χ4v) is 2.59. The Labute approximate surface area is 107 Å². The number of nitrogens with zero attached hydrogens (tertiary/aromatic N) is 1. The van der Waals surface area contributed by atoms with Crippen LogP contribution in [0.2, 0.25) is 0 Å². The van der Waals surface area contributed by atoms with Gasteiger partial charge in [-0.2, -0.15) is 0 Å². The molecule has 15 heavy (non-hydrogen) atoms. The number of anilines is 1. The molecule has 0 aliphatic carbocycles. The molecule has 0 aliphatic heterocycles. The van der Waals surface area contributed by atoms with E-state index in [0.717, 1.165) is 11.6 Å². The molecule has 0 bridgehead atoms. The molecule has 2 rings (SSSR count). The Morgan fingerprint density at radius 3 is 2.87 bits per heavy atom. The molecule has 1 heterocycles. The number of hydrogen-bond donors (Lipinski definition) is 1. The summed E-state index contributed by atoms with van der Waals surface area (Å²) in [6.45, 7) is 2.88. The zero-order valence-electron chi connectivity index (χ0n) is 8.33. The maximum absolute atomic E-state index is 4.23. The molecule has 0 saturated carbocycles. The highest BCUT2D eigenvalue weighted by atomic mass is 127. The summed E-state index contributed by atoms with van der Waals surface area (Å²) in [5, 5.41) is 4.53. The number of halogens is 1. The number of rotatable bonds is 3. The lowest BCUT2D eigenvalue weighted by molar-refractivity contribution is 1.16. The zero-order valence-corrected chi connectivity index (χ0v) is 11.3. The van der Waals surface area contributed by atoms with Gasteiger partial charge in [-0.05, 0) is 41.6 Å². The molecular formula is C11H11IN2S. The highest BCUT2D eigenvalue weighted by Gasteiger charge is 2.00. The fraction of sp³-hybridized carbons (Fsp3) is 0.182. The number of thiazole rings is 1. The van der Waals surface area contributed by atoms with E-state index >= 15 is 0 Å². The summed E-state index contributed by atoms with van der Waals surface area (Å²) < 4.78 is 1.25. The molecular weight excluding hydrogens is 319 g/mol. The van der Waals surface area contributed by atoms with Crippen LogP contribution < -0.4 is 5.32 Å². The van der Waals surface area contributed by atoms with Crippen LogP contribution in [0.5, 0.6) is 0 Å². The minimum atomic E-state index is 0.853. The second kappa shape index (κ2) is 4.94. The van der Waals surface area contributed by atoms with Crippen LogP contribution in [-0.4, -0.2) is 4.98 Å². The smallest absolute Gasteiger partial charge is 0.0897 e. The van der Waals surface area contributed by atoms with E-state index in [4.69, 9.17) is 0 Å². The van der Waals surface area contributed by atoms with Crippen molar-refractivity contribution in [3.05, 3.63) is 43.9 Å². The minimum Gasteiger partial charge on any atom is -0.379 e. The summed E-state index contributed by atoms with van der Waals surface area (Å²) >= 11 is 4.07. The van der Waals surface area contributed by atoms with E-state index in [2.05, 4.69) is 45.0 Å². The van der Waals surface area contributed by atoms with Gasteiger partial charge in [-0.15, -0.1) is 11.3 Å². The molecule has 2 nitrogen and oxygen atoms in total. The maximum atomic E-state index is 4.23. The first kappa shape index (κ1) is 10.9. The van der Waals surface area contributed by atoms with Crippen LogP contribution in [0.1, 0.15) is 9.88 Å². The van der Waals surface area contributed by atoms with Crippen LogP contribution in [0.3, 0.4) is 0 Å². The predicted molar refractivity (Wildman–Crippen MR) is 73.3 cm³/mol. The van der Waals surface area contributed by atoms with E-state index in [1.54, 1.807) is 11.3 Å². The molecule has 0 atom stereocenters. The standard InChI is InChI=1S/C11H11IN2S/c1-8-13-6-9(15-8)7-14-11-5-3-2-4-10(11)12/h2-6,14H,7H2,1H3. The Bertz CT molecular complexity index is 453. The van der Waals surface area contributed by atoms with Crippen molar-refractivity contribution < 1.29 is 0 Å². The van der Waals surface area contributed by atoms with E-state index in [9.17, 15) is 0 Å². The normalized spacial score (nSPS) is 10.3. The summed E-state index contributed by atoms with van der Waals surface area (Å²) in [5.41, 5.74) is 1.18. The number of aryl methyl sites for hydroxylation is 1. The Kier molecular flexibility index (Phi) is 3.58. The topological polar surface area (TPSA) is 24.9 Å². The van der Waals surface area contributed by atoms with Crippen LogP contribution >= 0.6 is 33.9 Å². The second-order valence-corrected chi connectivity index (χ2v) is 5.66. The van der Waals surface area contributed by atoms with Gasteiger partial charge in [0.15, 0.2) is 0 Å². The molecule has 0 spiro atoms. The number of para-hydroxylation sites is 1. The first-order valence-corrected chi connectivity index (χ1v) is 6.55. The Balaban J connectivity index is 2.02. The molecule has 2 aromatic rings. The number of nitrogens with one attached hydrogen (secondary N) is 1. The van der Waals surface area contributed by atoms with Crippen LogP contribution in [0, 0.1) is 10.5 Å². The van der Waals surface area contributed by atoms with E-state index < -0.39 is 0 Å². The highest BCUT2D eigenvalue weighted by molar-refractivity contribution is 14.1. The summed E-state index contributed by atoms with van der Waals surface area (Å²) in [5.74, 6) is 0. The molecule has 0 saturated heterocycles. The van der Waals surface area contributed by atoms with Crippen molar-refractivity contribution in [2.75, 3.05) is 5.32 Å². The molecule has 1 aromatic heterocycles. The molecule has 4 heteroatoms. The maximum Gasteiger partial charge on any atom is 0.0897 e. The number of benzene rings is 1. The van der Waals surface area contributed by atoms with Gasteiger partial charge in [-0.3, -0.25) is 0 Å². The van der Waals surface area contributed by atoms with Crippen molar-refractivity contribution in [3.8, 4) is 0 Å². The lowest BCUT2D eigenvalue weighted by Crippen LogP contribution is -1.98. The van der Waals surface area contributed by atoms with E-state index in [-0.39, 0.29) is 0 Å². The third-order valence-corrected chi connectivity index (χ3v) is 3.85. The lowest BCUT2D eigenvalue weighted by atomic mass is 10.3. The molecule has 0 amide bonds. The van der Waals surface area contributed by atoms with Crippen molar-refractivity contribution in [1.82, 2.24) is 4.98 Å². The molecule has 1 aromatic carbocycles. The summed E-state index contributed by atoms with van der Waals surface area (Å²) in [6.07, 6.45) is 1.93. The monoisotopic (exact) mass is 330 g/mol. The van der Waals surface area contributed by atoms with E-state index in [1.165, 1.54) is 14.1 Å². The Hall–Kier alpha value is -0.620. The van der Waals surface area contributed by atoms with Crippen molar-refractivity contribution in [3.63, 3.8) is 0 Å². The average Bonchev–Trinajstić information content (AvgIpc) is 2.63. The van der Waals surface area contributed by atoms with Crippen LogP contribution in [0.15, 0.2) is 30.5 Å². The van der Waals surface area contributed by atoms with Crippen molar-refractivity contribution in [2.45, 2.75) is 13.5 Å². The summed E-state index contributed by atoms with van der Waals surface area (Å²) in [7, 11) is 0. The first-order valence-electron chi connectivity index (χ1n) is 4.65. The first-order chi connectivity index (χ1) is 7.25. The molecule has 0 fully saturated rings. The molecule has 78 valence electrons. The molecule has 0 radical (unpaired) electrons. The Morgan fingerprint density at radius 1 is 1.40 bits per heavy atom. The summed E-state index contributed by atoms with van der Waals surface area (Å²) in [6, 6.07) is 8.28. The van der Waals surface area contributed by atoms with Gasteiger partial charge in [0.25, 0.3) is 0 Å². The summed E-state index contributed by atoms with van der Waals surface area (Å²) in [4.78, 5) is 5.50. The van der Waals surface area contributed by atoms with Crippen molar-refractivity contribution >= 4 is 39.6 Å². The third-order valence-electron chi connectivity index (χ3n) is 2.00. The number of hydrogen-bond acceptors (Lipinski definition) is 3. The van der Waals surface area contributed by atoms with Gasteiger partial charge in [0.1, 0.15) is 0 Å². The van der Waals surface area contributed by atoms with E-state index in [1.807, 2.05) is 25.3 Å². The van der Waals surface area contributed by atoms with Crippen molar-refractivity contribution in [1.29, 1.82) is 0 Å². The van der Waals surface area contributed by atoms with Crippen molar-refractivity contribution in [2.24, 2.45) is 0 Å². The predicted octanol–water partition coefficient (Wildman–Crippen LogP) is 3.67. The van der Waals surface area contributed by atoms with Gasteiger partial charge in [0, 0.05) is 20.3 Å². The molecule has 1 N–H and O–H groups in total. The minimum absolute atomic E-state index is 0.853. The lowest BCUT2D eigenvalue weighted by Gasteiger charge is -2.06. The second-order valence-electron chi connectivity index (χ2n) is 3.18. The van der Waals surface area contributed by atoms with Gasteiger partial charge in [0.2, 0.25) is 0 Å². The quantitative estimate of drug-likeness (QED) is 0.869. The highest BCUT2D eigenvalue weighted by Crippen LogP contribution is 2.19. The van der Waals surface area contributed by atoms with Gasteiger partial charge >= 0.3 is 0 Å². The average molecular weight is 330 g/mol. The zero-order chi connectivity index (χ0) is 10.7. The van der Waals surface area contributed by atoms with Gasteiger partial charge < -0.3 is 5.32 Å². The van der Waals surface area contributed by atoms with Gasteiger partial charge in [-0.1, -0.05) is 12.1 Å². The van der Waals surface area contributed by atoms with Crippen LogP contribution in [0.4, 0.5) is 5.69 Å². The molecule has 0 unspecified atom stereocenters. The van der Waals surface area contributed by atoms with E-state index in [0.29, 0.717) is 0 Å². The van der Waals surface area contributed by atoms with Crippen LogP contribution in [0.25, 0.3) is 0 Å². The number of aromatic nitrogens is 1. The third kappa shape index (κ3) is 2.92. The Morgan fingerprint density at radius 2 is 2.20 bits per heavy atom. The largest absolute Gasteiger partial charge is 0.379 e. The SMILES string of the molecule is Cc1ncc(CNc2ccccc2I)s1. The molecule has 0 aliphatic rings.